The first kappa shape index (κ1) is 17.4. The van der Waals surface area contributed by atoms with Crippen LogP contribution in [-0.4, -0.2) is 62.5 Å². The number of rotatable bonds is 9. The lowest BCUT2D eigenvalue weighted by Gasteiger charge is -2.24. The van der Waals surface area contributed by atoms with Gasteiger partial charge in [-0.3, -0.25) is 0 Å². The highest BCUT2D eigenvalue weighted by Gasteiger charge is 2.25. The molecule has 8 heteroatoms. The lowest BCUT2D eigenvalue weighted by atomic mass is 10.2. The molecule has 2 amide bonds. The first-order chi connectivity index (χ1) is 10.1. The normalized spacial score (nSPS) is 11.9. The number of thiophene rings is 1. The molecule has 0 aliphatic heterocycles. The van der Waals surface area contributed by atoms with E-state index >= 15 is 0 Å². The largest absolute Gasteiger partial charge is 0.479 e. The summed E-state index contributed by atoms with van der Waals surface area (Å²) < 4.78 is 9.90. The van der Waals surface area contributed by atoms with Crippen molar-refractivity contribution in [3.05, 3.63) is 22.4 Å². The molecule has 0 spiro atoms. The standard InChI is InChI=1S/C13H20N2O5S/c1-19-7-5-15(6-8-20-2)13(18)14-11(12(16)17)10-4-3-9-21-10/h3-4,9,11H,5-8H2,1-2H3,(H,14,18)(H,16,17). The number of ether oxygens (including phenoxy) is 2. The minimum Gasteiger partial charge on any atom is -0.479 e. The fraction of sp³-hybridized carbons (Fsp3) is 0.538. The predicted octanol–water partition coefficient (Wildman–Crippen LogP) is 1.18. The second-order valence-corrected chi connectivity index (χ2v) is 5.19. The quantitative estimate of drug-likeness (QED) is 0.714. The van der Waals surface area contributed by atoms with Crippen molar-refractivity contribution < 1.29 is 24.2 Å². The molecule has 1 atom stereocenters. The van der Waals surface area contributed by atoms with Crippen molar-refractivity contribution in [2.75, 3.05) is 40.5 Å². The van der Waals surface area contributed by atoms with E-state index < -0.39 is 18.0 Å². The summed E-state index contributed by atoms with van der Waals surface area (Å²) in [6.07, 6.45) is 0. The molecular weight excluding hydrogens is 296 g/mol. The van der Waals surface area contributed by atoms with Gasteiger partial charge in [0.2, 0.25) is 0 Å². The molecule has 0 bridgehead atoms. The van der Waals surface area contributed by atoms with Gasteiger partial charge in [0.05, 0.1) is 13.2 Å². The van der Waals surface area contributed by atoms with Crippen LogP contribution in [0, 0.1) is 0 Å². The molecular formula is C13H20N2O5S. The molecule has 21 heavy (non-hydrogen) atoms. The number of carbonyl (C=O) groups excluding carboxylic acids is 1. The molecule has 0 saturated heterocycles. The number of amides is 2. The molecule has 0 aromatic carbocycles. The van der Waals surface area contributed by atoms with Gasteiger partial charge in [-0.2, -0.15) is 0 Å². The highest BCUT2D eigenvalue weighted by Crippen LogP contribution is 2.19. The van der Waals surface area contributed by atoms with Gasteiger partial charge in [-0.1, -0.05) is 6.07 Å². The molecule has 1 aromatic rings. The van der Waals surface area contributed by atoms with Crippen LogP contribution in [0.4, 0.5) is 4.79 Å². The molecule has 1 unspecified atom stereocenters. The lowest BCUT2D eigenvalue weighted by Crippen LogP contribution is -2.46. The monoisotopic (exact) mass is 316 g/mol. The van der Waals surface area contributed by atoms with E-state index in [1.807, 2.05) is 0 Å². The summed E-state index contributed by atoms with van der Waals surface area (Å²) >= 11 is 1.29. The Hall–Kier alpha value is -1.64. The third kappa shape index (κ3) is 5.70. The van der Waals surface area contributed by atoms with Crippen LogP contribution in [0.2, 0.25) is 0 Å². The number of aliphatic carboxylic acids is 1. The maximum absolute atomic E-state index is 12.2. The molecule has 1 rings (SSSR count). The van der Waals surface area contributed by atoms with Gasteiger partial charge in [-0.15, -0.1) is 11.3 Å². The van der Waals surface area contributed by atoms with Crippen LogP contribution in [0.3, 0.4) is 0 Å². The lowest BCUT2D eigenvalue weighted by molar-refractivity contribution is -0.139. The summed E-state index contributed by atoms with van der Waals surface area (Å²) in [4.78, 5) is 25.6. The number of urea groups is 1. The first-order valence-corrected chi connectivity index (χ1v) is 7.27. The zero-order valence-electron chi connectivity index (χ0n) is 12.1. The minimum absolute atomic E-state index is 0.364. The van der Waals surface area contributed by atoms with E-state index in [1.54, 1.807) is 17.5 Å². The highest BCUT2D eigenvalue weighted by molar-refractivity contribution is 7.10. The van der Waals surface area contributed by atoms with Gasteiger partial charge in [0, 0.05) is 32.2 Å². The van der Waals surface area contributed by atoms with Gasteiger partial charge < -0.3 is 24.8 Å². The number of carbonyl (C=O) groups is 2. The highest BCUT2D eigenvalue weighted by atomic mass is 32.1. The predicted molar refractivity (Wildman–Crippen MR) is 78.6 cm³/mol. The number of hydrogen-bond acceptors (Lipinski definition) is 5. The van der Waals surface area contributed by atoms with E-state index in [9.17, 15) is 14.7 Å². The fourth-order valence-corrected chi connectivity index (χ4v) is 2.41. The summed E-state index contributed by atoms with van der Waals surface area (Å²) in [5.74, 6) is -1.09. The number of carboxylic acids is 1. The molecule has 1 aromatic heterocycles. The SMILES string of the molecule is COCCN(CCOC)C(=O)NC(C(=O)O)c1cccs1. The van der Waals surface area contributed by atoms with Crippen molar-refractivity contribution in [2.45, 2.75) is 6.04 Å². The molecule has 7 nitrogen and oxygen atoms in total. The zero-order chi connectivity index (χ0) is 15.7. The van der Waals surface area contributed by atoms with Crippen LogP contribution in [0.5, 0.6) is 0 Å². The Morgan fingerprint density at radius 1 is 1.33 bits per heavy atom. The molecule has 1 heterocycles. The second-order valence-electron chi connectivity index (χ2n) is 4.21. The van der Waals surface area contributed by atoms with E-state index in [0.29, 0.717) is 31.2 Å². The van der Waals surface area contributed by atoms with Crippen LogP contribution in [0.15, 0.2) is 17.5 Å². The summed E-state index contributed by atoms with van der Waals surface area (Å²) in [5.41, 5.74) is 0. The van der Waals surface area contributed by atoms with E-state index in [-0.39, 0.29) is 0 Å². The van der Waals surface area contributed by atoms with Gasteiger partial charge in [0.15, 0.2) is 6.04 Å². The van der Waals surface area contributed by atoms with Gasteiger partial charge in [0.1, 0.15) is 0 Å². The van der Waals surface area contributed by atoms with Crippen LogP contribution in [-0.2, 0) is 14.3 Å². The van der Waals surface area contributed by atoms with Crippen LogP contribution < -0.4 is 5.32 Å². The zero-order valence-corrected chi connectivity index (χ0v) is 12.9. The molecule has 0 aliphatic rings. The van der Waals surface area contributed by atoms with Gasteiger partial charge >= 0.3 is 12.0 Å². The molecule has 0 fully saturated rings. The van der Waals surface area contributed by atoms with Crippen molar-refractivity contribution in [3.8, 4) is 0 Å². The summed E-state index contributed by atoms with van der Waals surface area (Å²) in [7, 11) is 3.08. The molecule has 2 N–H and O–H groups in total. The Morgan fingerprint density at radius 2 is 1.95 bits per heavy atom. The average Bonchev–Trinajstić information content (AvgIpc) is 2.98. The number of methoxy groups -OCH3 is 2. The minimum atomic E-state index is -1.09. The third-order valence-electron chi connectivity index (χ3n) is 2.76. The van der Waals surface area contributed by atoms with Crippen molar-refractivity contribution in [1.29, 1.82) is 0 Å². The van der Waals surface area contributed by atoms with Crippen molar-refractivity contribution >= 4 is 23.3 Å². The Balaban J connectivity index is 2.70. The fourth-order valence-electron chi connectivity index (χ4n) is 1.64. The molecule has 0 radical (unpaired) electrons. The summed E-state index contributed by atoms with van der Waals surface area (Å²) in [6, 6.07) is 1.92. The van der Waals surface area contributed by atoms with E-state index in [2.05, 4.69) is 5.32 Å². The van der Waals surface area contributed by atoms with Crippen LogP contribution in [0.1, 0.15) is 10.9 Å². The number of nitrogens with one attached hydrogen (secondary N) is 1. The molecule has 118 valence electrons. The molecule has 0 aliphatic carbocycles. The smallest absolute Gasteiger partial charge is 0.331 e. The summed E-state index contributed by atoms with van der Waals surface area (Å²) in [6.45, 7) is 1.46. The second kappa shape index (κ2) is 9.32. The number of hydrogen-bond donors (Lipinski definition) is 2. The van der Waals surface area contributed by atoms with Gasteiger partial charge in [0.25, 0.3) is 0 Å². The maximum Gasteiger partial charge on any atom is 0.331 e. The van der Waals surface area contributed by atoms with E-state index in [1.165, 1.54) is 30.5 Å². The van der Waals surface area contributed by atoms with Gasteiger partial charge in [-0.25, -0.2) is 9.59 Å². The number of carboxylic acid groups (broad SMARTS) is 1. The van der Waals surface area contributed by atoms with E-state index in [4.69, 9.17) is 9.47 Å². The third-order valence-corrected chi connectivity index (χ3v) is 3.70. The Labute approximate surface area is 127 Å². The Bertz CT molecular complexity index is 430. The first-order valence-electron chi connectivity index (χ1n) is 6.39. The van der Waals surface area contributed by atoms with Crippen LogP contribution in [0.25, 0.3) is 0 Å². The average molecular weight is 316 g/mol. The van der Waals surface area contributed by atoms with Crippen molar-refractivity contribution in [2.24, 2.45) is 0 Å². The topological polar surface area (TPSA) is 88.1 Å². The van der Waals surface area contributed by atoms with Crippen molar-refractivity contribution in [3.63, 3.8) is 0 Å². The van der Waals surface area contributed by atoms with E-state index in [0.717, 1.165) is 0 Å². The molecule has 0 saturated carbocycles. The van der Waals surface area contributed by atoms with Crippen LogP contribution >= 0.6 is 11.3 Å². The summed E-state index contributed by atoms with van der Waals surface area (Å²) in [5, 5.41) is 13.5. The number of nitrogens with zero attached hydrogens (tertiary/aromatic N) is 1. The van der Waals surface area contributed by atoms with Gasteiger partial charge in [-0.05, 0) is 11.4 Å². The maximum atomic E-state index is 12.2. The Morgan fingerprint density at radius 3 is 2.38 bits per heavy atom. The van der Waals surface area contributed by atoms with Crippen molar-refractivity contribution in [1.82, 2.24) is 10.2 Å². The Kier molecular flexibility index (Phi) is 7.73.